The fourth-order valence-corrected chi connectivity index (χ4v) is 4.04. The zero-order valence-electron chi connectivity index (χ0n) is 16.5. The van der Waals surface area contributed by atoms with Crippen LogP contribution in [0.1, 0.15) is 35.9 Å². The monoisotopic (exact) mass is 379 g/mol. The van der Waals surface area contributed by atoms with E-state index >= 15 is 0 Å². The van der Waals surface area contributed by atoms with E-state index in [2.05, 4.69) is 46.5 Å². The fraction of sp³-hybridized carbons (Fsp3) is 0.684. The van der Waals surface area contributed by atoms with Crippen molar-refractivity contribution in [2.24, 2.45) is 4.99 Å². The van der Waals surface area contributed by atoms with E-state index in [0.29, 0.717) is 6.54 Å². The van der Waals surface area contributed by atoms with Crippen LogP contribution in [0, 0.1) is 6.92 Å². The number of rotatable bonds is 8. The number of aryl methyl sites for hydroxylation is 1. The molecule has 1 aromatic rings. The molecule has 1 amide bonds. The molecule has 0 spiro atoms. The molecule has 146 valence electrons. The molecule has 0 radical (unpaired) electrons. The number of hydrogen-bond acceptors (Lipinski definition) is 4. The largest absolute Gasteiger partial charge is 0.357 e. The third-order valence-corrected chi connectivity index (χ3v) is 5.52. The number of carbonyl (C=O) groups excluding carboxylic acids is 1. The van der Waals surface area contributed by atoms with E-state index in [1.165, 1.54) is 9.75 Å². The molecule has 0 aromatic carbocycles. The highest BCUT2D eigenvalue weighted by atomic mass is 32.1. The number of nitrogens with zero attached hydrogens (tertiary/aromatic N) is 3. The average molecular weight is 380 g/mol. The third-order valence-electron chi connectivity index (χ3n) is 4.54. The zero-order valence-corrected chi connectivity index (χ0v) is 17.4. The van der Waals surface area contributed by atoms with Crippen LogP contribution in [0.5, 0.6) is 0 Å². The number of likely N-dealkylation sites (tertiary alicyclic amines) is 1. The molecule has 2 N–H and O–H groups in total. The number of hydrogen-bond donors (Lipinski definition) is 2. The average Bonchev–Trinajstić information content (AvgIpc) is 3.24. The summed E-state index contributed by atoms with van der Waals surface area (Å²) in [5.74, 6) is 1.09. The summed E-state index contributed by atoms with van der Waals surface area (Å²) in [4.78, 5) is 23.5. The summed E-state index contributed by atoms with van der Waals surface area (Å²) in [6, 6.07) is 4.34. The summed E-state index contributed by atoms with van der Waals surface area (Å²) >= 11 is 1.79. The molecule has 1 unspecified atom stereocenters. The number of carbonyl (C=O) groups is 1. The van der Waals surface area contributed by atoms with Gasteiger partial charge in [0.2, 0.25) is 5.91 Å². The fourth-order valence-electron chi connectivity index (χ4n) is 3.23. The Morgan fingerprint density at radius 2 is 2.19 bits per heavy atom. The molecule has 1 fully saturated rings. The Morgan fingerprint density at radius 3 is 2.85 bits per heavy atom. The van der Waals surface area contributed by atoms with Gasteiger partial charge in [0.1, 0.15) is 0 Å². The Labute approximate surface area is 161 Å². The van der Waals surface area contributed by atoms with Crippen LogP contribution in [0.25, 0.3) is 0 Å². The zero-order chi connectivity index (χ0) is 18.9. The Hall–Kier alpha value is -1.60. The van der Waals surface area contributed by atoms with Crippen molar-refractivity contribution in [1.29, 1.82) is 0 Å². The third kappa shape index (κ3) is 6.29. The number of amides is 1. The van der Waals surface area contributed by atoms with Crippen LogP contribution in [-0.2, 0) is 11.3 Å². The lowest BCUT2D eigenvalue weighted by atomic mass is 10.2. The van der Waals surface area contributed by atoms with E-state index in [-0.39, 0.29) is 11.9 Å². The number of likely N-dealkylation sites (N-methyl/N-ethyl adjacent to an activating group) is 1. The number of nitrogens with one attached hydrogen (secondary N) is 2. The van der Waals surface area contributed by atoms with Crippen molar-refractivity contribution < 1.29 is 4.79 Å². The van der Waals surface area contributed by atoms with E-state index in [0.717, 1.165) is 51.4 Å². The van der Waals surface area contributed by atoms with Gasteiger partial charge in [-0.2, -0.15) is 0 Å². The van der Waals surface area contributed by atoms with Gasteiger partial charge in [-0.15, -0.1) is 11.3 Å². The normalized spacial score (nSPS) is 18.2. The first-order chi connectivity index (χ1) is 12.5. The summed E-state index contributed by atoms with van der Waals surface area (Å²) < 4.78 is 0. The van der Waals surface area contributed by atoms with Crippen LogP contribution in [0.15, 0.2) is 17.1 Å². The van der Waals surface area contributed by atoms with E-state index in [1.807, 2.05) is 14.1 Å². The first-order valence-corrected chi connectivity index (χ1v) is 10.4. The van der Waals surface area contributed by atoms with Crippen molar-refractivity contribution in [3.63, 3.8) is 0 Å². The molecule has 1 atom stereocenters. The smallest absolute Gasteiger partial charge is 0.239 e. The maximum Gasteiger partial charge on any atom is 0.239 e. The highest BCUT2D eigenvalue weighted by Gasteiger charge is 2.30. The first kappa shape index (κ1) is 20.7. The second-order valence-corrected chi connectivity index (χ2v) is 8.29. The summed E-state index contributed by atoms with van der Waals surface area (Å²) in [6.07, 6.45) is 3.09. The predicted molar refractivity (Wildman–Crippen MR) is 110 cm³/mol. The second kappa shape index (κ2) is 10.5. The molecule has 1 aliphatic heterocycles. The van der Waals surface area contributed by atoms with Crippen molar-refractivity contribution in [3.8, 4) is 0 Å². The predicted octanol–water partition coefficient (Wildman–Crippen LogP) is 2.05. The molecule has 1 saturated heterocycles. The van der Waals surface area contributed by atoms with E-state index < -0.39 is 0 Å². The Balaban J connectivity index is 1.76. The van der Waals surface area contributed by atoms with Gasteiger partial charge in [0.25, 0.3) is 0 Å². The minimum absolute atomic E-state index is 0.0639. The lowest BCUT2D eigenvalue weighted by Gasteiger charge is -2.26. The van der Waals surface area contributed by atoms with Crippen LogP contribution in [-0.4, -0.2) is 68.0 Å². The van der Waals surface area contributed by atoms with Gasteiger partial charge in [-0.05, 0) is 51.8 Å². The molecule has 6 nitrogen and oxygen atoms in total. The Morgan fingerprint density at radius 1 is 1.38 bits per heavy atom. The van der Waals surface area contributed by atoms with Crippen LogP contribution in [0.2, 0.25) is 0 Å². The molecule has 0 bridgehead atoms. The lowest BCUT2D eigenvalue weighted by Crippen LogP contribution is -2.44. The maximum atomic E-state index is 12.2. The summed E-state index contributed by atoms with van der Waals surface area (Å²) in [7, 11) is 3.68. The SMILES string of the molecule is CCNC(=NCc1ccc(C)s1)NCCCN1CCCC1C(=O)N(C)C. The molecule has 0 aliphatic carbocycles. The van der Waals surface area contributed by atoms with Gasteiger partial charge in [-0.25, -0.2) is 4.99 Å². The number of aliphatic imine (C=N–C) groups is 1. The van der Waals surface area contributed by atoms with Crippen LogP contribution < -0.4 is 10.6 Å². The van der Waals surface area contributed by atoms with Crippen LogP contribution >= 0.6 is 11.3 Å². The van der Waals surface area contributed by atoms with Crippen LogP contribution in [0.3, 0.4) is 0 Å². The molecular weight excluding hydrogens is 346 g/mol. The molecule has 0 saturated carbocycles. The van der Waals surface area contributed by atoms with Crippen molar-refractivity contribution in [3.05, 3.63) is 21.9 Å². The van der Waals surface area contributed by atoms with Crippen molar-refractivity contribution in [1.82, 2.24) is 20.4 Å². The topological polar surface area (TPSA) is 60.0 Å². The van der Waals surface area contributed by atoms with Crippen molar-refractivity contribution >= 4 is 23.2 Å². The summed E-state index contributed by atoms with van der Waals surface area (Å²) in [6.45, 7) is 8.58. The molecule has 2 heterocycles. The summed E-state index contributed by atoms with van der Waals surface area (Å²) in [5.41, 5.74) is 0. The highest BCUT2D eigenvalue weighted by molar-refractivity contribution is 7.11. The molecule has 1 aliphatic rings. The van der Waals surface area contributed by atoms with Crippen molar-refractivity contribution in [2.45, 2.75) is 45.7 Å². The molecule has 1 aromatic heterocycles. The van der Waals surface area contributed by atoms with E-state index in [1.54, 1.807) is 16.2 Å². The quantitative estimate of drug-likeness (QED) is 0.412. The van der Waals surface area contributed by atoms with Gasteiger partial charge in [0, 0.05) is 43.5 Å². The minimum Gasteiger partial charge on any atom is -0.357 e. The Kier molecular flexibility index (Phi) is 8.38. The van der Waals surface area contributed by atoms with E-state index in [9.17, 15) is 4.79 Å². The minimum atomic E-state index is 0.0639. The second-order valence-electron chi connectivity index (χ2n) is 6.91. The molecule has 7 heteroatoms. The van der Waals surface area contributed by atoms with Gasteiger partial charge in [0.05, 0.1) is 12.6 Å². The summed E-state index contributed by atoms with van der Waals surface area (Å²) in [5, 5.41) is 6.71. The van der Waals surface area contributed by atoms with Gasteiger partial charge >= 0.3 is 0 Å². The Bertz CT molecular complexity index is 599. The highest BCUT2D eigenvalue weighted by Crippen LogP contribution is 2.18. The van der Waals surface area contributed by atoms with Gasteiger partial charge < -0.3 is 15.5 Å². The van der Waals surface area contributed by atoms with Gasteiger partial charge in [-0.3, -0.25) is 9.69 Å². The molecule has 2 rings (SSSR count). The lowest BCUT2D eigenvalue weighted by molar-refractivity contribution is -0.133. The number of thiophene rings is 1. The first-order valence-electron chi connectivity index (χ1n) is 9.54. The van der Waals surface area contributed by atoms with E-state index in [4.69, 9.17) is 0 Å². The number of guanidine groups is 1. The van der Waals surface area contributed by atoms with Gasteiger partial charge in [0.15, 0.2) is 5.96 Å². The molecule has 26 heavy (non-hydrogen) atoms. The molecular formula is C19H33N5OS. The van der Waals surface area contributed by atoms with Gasteiger partial charge in [-0.1, -0.05) is 0 Å². The van der Waals surface area contributed by atoms with Crippen molar-refractivity contribution in [2.75, 3.05) is 40.3 Å². The van der Waals surface area contributed by atoms with Crippen LogP contribution in [0.4, 0.5) is 0 Å². The maximum absolute atomic E-state index is 12.2. The standard InChI is InChI=1S/C19H33N5OS/c1-5-20-19(22-14-16-10-9-15(2)26-16)21-11-7-13-24-12-6-8-17(24)18(25)23(3)4/h9-10,17H,5-8,11-14H2,1-4H3,(H2,20,21,22).